The number of methoxy groups -OCH3 is 1. The molecule has 2 N–H and O–H groups in total. The van der Waals surface area contributed by atoms with Gasteiger partial charge in [0.1, 0.15) is 5.75 Å². The van der Waals surface area contributed by atoms with Crippen LogP contribution in [-0.4, -0.2) is 64.9 Å². The minimum absolute atomic E-state index is 0. The van der Waals surface area contributed by atoms with Crippen LogP contribution in [0, 0.1) is 11.3 Å². The zero-order valence-corrected chi connectivity index (χ0v) is 22.0. The van der Waals surface area contributed by atoms with Crippen LogP contribution in [0.5, 0.6) is 5.75 Å². The molecular formula is C23H41IN4O2. The van der Waals surface area contributed by atoms with E-state index in [9.17, 15) is 0 Å². The summed E-state index contributed by atoms with van der Waals surface area (Å²) in [6.07, 6.45) is 2.58. The van der Waals surface area contributed by atoms with E-state index in [0.717, 1.165) is 43.4 Å². The standard InChI is InChI=1S/C23H40N4O2.HI/c1-23(2,3)21-17(11-10-14-29-21)15-25-22(24-4)26-16-19(27(5)6)18-12-8-9-13-20(18)28-7;/h8-9,12-13,17,19,21H,10-11,14-16H2,1-7H3,(H2,24,25,26);1H. The van der Waals surface area contributed by atoms with Gasteiger partial charge >= 0.3 is 0 Å². The van der Waals surface area contributed by atoms with E-state index in [-0.39, 0.29) is 41.5 Å². The maximum absolute atomic E-state index is 6.11. The van der Waals surface area contributed by atoms with E-state index >= 15 is 0 Å². The molecule has 0 aromatic heterocycles. The lowest BCUT2D eigenvalue weighted by Gasteiger charge is -2.40. The van der Waals surface area contributed by atoms with Gasteiger partial charge in [-0.15, -0.1) is 24.0 Å². The second kappa shape index (κ2) is 12.7. The fourth-order valence-electron chi connectivity index (χ4n) is 4.16. The first-order valence-electron chi connectivity index (χ1n) is 10.6. The number of ether oxygens (including phenoxy) is 2. The molecule has 30 heavy (non-hydrogen) atoms. The summed E-state index contributed by atoms with van der Waals surface area (Å²) in [7, 11) is 7.71. The quantitative estimate of drug-likeness (QED) is 0.317. The van der Waals surface area contributed by atoms with E-state index < -0.39 is 0 Å². The van der Waals surface area contributed by atoms with Crippen LogP contribution in [0.1, 0.15) is 45.2 Å². The van der Waals surface area contributed by atoms with Crippen molar-refractivity contribution in [2.45, 2.75) is 45.8 Å². The molecule has 0 radical (unpaired) electrons. The van der Waals surface area contributed by atoms with Crippen molar-refractivity contribution in [2.24, 2.45) is 16.3 Å². The fraction of sp³-hybridized carbons (Fsp3) is 0.696. The molecule has 2 rings (SSSR count). The summed E-state index contributed by atoms with van der Waals surface area (Å²) in [6, 6.07) is 8.35. The predicted molar refractivity (Wildman–Crippen MR) is 136 cm³/mol. The van der Waals surface area contributed by atoms with Crippen LogP contribution in [-0.2, 0) is 4.74 Å². The van der Waals surface area contributed by atoms with Gasteiger partial charge in [-0.25, -0.2) is 0 Å². The summed E-state index contributed by atoms with van der Waals surface area (Å²) < 4.78 is 11.7. The third-order valence-corrected chi connectivity index (χ3v) is 5.64. The lowest BCUT2D eigenvalue weighted by atomic mass is 9.78. The third kappa shape index (κ3) is 7.57. The van der Waals surface area contributed by atoms with Crippen molar-refractivity contribution in [3.05, 3.63) is 29.8 Å². The number of nitrogens with one attached hydrogen (secondary N) is 2. The van der Waals surface area contributed by atoms with Gasteiger partial charge in [0.15, 0.2) is 5.96 Å². The molecule has 1 aliphatic rings. The van der Waals surface area contributed by atoms with Gasteiger partial charge < -0.3 is 25.0 Å². The number of halogens is 1. The molecule has 1 fully saturated rings. The van der Waals surface area contributed by atoms with Gasteiger partial charge in [-0.2, -0.15) is 0 Å². The smallest absolute Gasteiger partial charge is 0.191 e. The number of aliphatic imine (C=N–C) groups is 1. The summed E-state index contributed by atoms with van der Waals surface area (Å²) in [5.41, 5.74) is 1.31. The summed E-state index contributed by atoms with van der Waals surface area (Å²) in [6.45, 7) is 9.25. The molecule has 0 saturated carbocycles. The van der Waals surface area contributed by atoms with E-state index in [2.05, 4.69) is 67.5 Å². The molecule has 0 spiro atoms. The molecule has 6 nitrogen and oxygen atoms in total. The minimum Gasteiger partial charge on any atom is -0.496 e. The van der Waals surface area contributed by atoms with E-state index in [1.54, 1.807) is 7.11 Å². The summed E-state index contributed by atoms with van der Waals surface area (Å²) in [5.74, 6) is 2.22. The number of likely N-dealkylation sites (N-methyl/N-ethyl adjacent to an activating group) is 1. The van der Waals surface area contributed by atoms with E-state index in [4.69, 9.17) is 9.47 Å². The van der Waals surface area contributed by atoms with Crippen molar-refractivity contribution in [3.63, 3.8) is 0 Å². The molecule has 172 valence electrons. The Morgan fingerprint density at radius 3 is 2.57 bits per heavy atom. The number of benzene rings is 1. The Morgan fingerprint density at radius 2 is 1.97 bits per heavy atom. The highest BCUT2D eigenvalue weighted by molar-refractivity contribution is 14.0. The Labute approximate surface area is 200 Å². The molecule has 7 heteroatoms. The van der Waals surface area contributed by atoms with Crippen LogP contribution in [0.2, 0.25) is 0 Å². The highest BCUT2D eigenvalue weighted by atomic mass is 127. The van der Waals surface area contributed by atoms with Crippen LogP contribution < -0.4 is 15.4 Å². The molecule has 1 aromatic rings. The molecule has 1 heterocycles. The summed E-state index contributed by atoms with van der Waals surface area (Å²) in [5, 5.41) is 7.02. The number of rotatable bonds is 7. The lowest BCUT2D eigenvalue weighted by Crippen LogP contribution is -2.48. The number of hydrogen-bond donors (Lipinski definition) is 2. The number of hydrogen-bond acceptors (Lipinski definition) is 4. The fourth-order valence-corrected chi connectivity index (χ4v) is 4.16. The normalized spacial score (nSPS) is 21.0. The Balaban J connectivity index is 0.00000450. The summed E-state index contributed by atoms with van der Waals surface area (Å²) in [4.78, 5) is 6.63. The van der Waals surface area contributed by atoms with Crippen LogP contribution in [0.25, 0.3) is 0 Å². The Bertz CT molecular complexity index is 661. The highest BCUT2D eigenvalue weighted by Gasteiger charge is 2.35. The number of para-hydroxylation sites is 1. The van der Waals surface area contributed by atoms with Crippen LogP contribution in [0.3, 0.4) is 0 Å². The number of guanidine groups is 1. The maximum atomic E-state index is 6.11. The van der Waals surface area contributed by atoms with Gasteiger partial charge in [-0.1, -0.05) is 39.0 Å². The first kappa shape index (κ1) is 27.0. The second-order valence-electron chi connectivity index (χ2n) is 9.12. The molecule has 0 aliphatic carbocycles. The molecular weight excluding hydrogens is 491 g/mol. The van der Waals surface area contributed by atoms with E-state index in [1.165, 1.54) is 6.42 Å². The van der Waals surface area contributed by atoms with Gasteiger partial charge in [-0.3, -0.25) is 4.99 Å². The molecule has 0 bridgehead atoms. The van der Waals surface area contributed by atoms with E-state index in [1.807, 2.05) is 19.2 Å². The van der Waals surface area contributed by atoms with Crippen LogP contribution in [0.4, 0.5) is 0 Å². The molecule has 3 atom stereocenters. The molecule has 1 aliphatic heterocycles. The average Bonchev–Trinajstić information content (AvgIpc) is 2.70. The van der Waals surface area contributed by atoms with Gasteiger partial charge in [0, 0.05) is 38.2 Å². The zero-order chi connectivity index (χ0) is 21.4. The monoisotopic (exact) mass is 532 g/mol. The van der Waals surface area contributed by atoms with Crippen LogP contribution in [0.15, 0.2) is 29.3 Å². The average molecular weight is 533 g/mol. The van der Waals surface area contributed by atoms with Gasteiger partial charge in [0.05, 0.1) is 19.3 Å². The molecule has 1 saturated heterocycles. The van der Waals surface area contributed by atoms with E-state index in [0.29, 0.717) is 5.92 Å². The van der Waals surface area contributed by atoms with Crippen molar-refractivity contribution in [3.8, 4) is 5.75 Å². The Hall–Kier alpha value is -1.06. The largest absolute Gasteiger partial charge is 0.496 e. The topological polar surface area (TPSA) is 58.1 Å². The minimum atomic E-state index is 0. The first-order valence-corrected chi connectivity index (χ1v) is 10.6. The Morgan fingerprint density at radius 1 is 1.27 bits per heavy atom. The summed E-state index contributed by atoms with van der Waals surface area (Å²) >= 11 is 0. The Kier molecular flexibility index (Phi) is 11.4. The SMILES string of the molecule is CN=C(NCC1CCCOC1C(C)(C)C)NCC(c1ccccc1OC)N(C)C.I. The van der Waals surface area contributed by atoms with Gasteiger partial charge in [0.2, 0.25) is 0 Å². The highest BCUT2D eigenvalue weighted by Crippen LogP contribution is 2.33. The predicted octanol–water partition coefficient (Wildman–Crippen LogP) is 3.92. The van der Waals surface area contributed by atoms with Crippen molar-refractivity contribution in [2.75, 3.05) is 47.9 Å². The zero-order valence-electron chi connectivity index (χ0n) is 19.7. The molecule has 3 unspecified atom stereocenters. The maximum Gasteiger partial charge on any atom is 0.191 e. The van der Waals surface area contributed by atoms with Crippen molar-refractivity contribution < 1.29 is 9.47 Å². The van der Waals surface area contributed by atoms with Crippen LogP contribution >= 0.6 is 24.0 Å². The second-order valence-corrected chi connectivity index (χ2v) is 9.12. The lowest BCUT2D eigenvalue weighted by molar-refractivity contribution is -0.0835. The third-order valence-electron chi connectivity index (χ3n) is 5.64. The number of nitrogens with zero attached hydrogens (tertiary/aromatic N) is 2. The van der Waals surface area contributed by atoms with Gasteiger partial charge in [-0.05, 0) is 38.4 Å². The first-order chi connectivity index (χ1) is 13.8. The molecule has 1 aromatic carbocycles. The van der Waals surface area contributed by atoms with Crippen molar-refractivity contribution >= 4 is 29.9 Å². The van der Waals surface area contributed by atoms with Crippen molar-refractivity contribution in [1.29, 1.82) is 0 Å². The molecule has 0 amide bonds. The van der Waals surface area contributed by atoms with Crippen molar-refractivity contribution in [1.82, 2.24) is 15.5 Å². The van der Waals surface area contributed by atoms with Gasteiger partial charge in [0.25, 0.3) is 0 Å².